The molecule has 3 aromatic carbocycles. The number of carbonyl (C=O) groups is 1. The van der Waals surface area contributed by atoms with E-state index in [-0.39, 0.29) is 28.7 Å². The van der Waals surface area contributed by atoms with Gasteiger partial charge in [-0.3, -0.25) is 4.79 Å². The van der Waals surface area contributed by atoms with E-state index >= 15 is 0 Å². The van der Waals surface area contributed by atoms with Gasteiger partial charge < -0.3 is 14.8 Å². The van der Waals surface area contributed by atoms with Gasteiger partial charge in [-0.15, -0.1) is 13.2 Å². The van der Waals surface area contributed by atoms with Crippen molar-refractivity contribution in [2.45, 2.75) is 13.0 Å². The summed E-state index contributed by atoms with van der Waals surface area (Å²) in [6.07, 6.45) is -2.15. The number of allylic oxidation sites excluding steroid dienone is 1. The number of anilines is 1. The summed E-state index contributed by atoms with van der Waals surface area (Å²) in [6, 6.07) is 15.7. The number of ketones is 1. The third-order valence-electron chi connectivity index (χ3n) is 4.14. The van der Waals surface area contributed by atoms with Crippen LogP contribution in [0, 0.1) is 5.82 Å². The highest BCUT2D eigenvalue weighted by atomic mass is 35.5. The van der Waals surface area contributed by atoms with Gasteiger partial charge in [0.2, 0.25) is 0 Å². The van der Waals surface area contributed by atoms with Crippen molar-refractivity contribution in [3.05, 3.63) is 101 Å². The maximum atomic E-state index is 13.8. The van der Waals surface area contributed by atoms with Crippen molar-refractivity contribution in [3.8, 4) is 11.5 Å². The van der Waals surface area contributed by atoms with E-state index < -0.39 is 12.2 Å². The van der Waals surface area contributed by atoms with E-state index in [2.05, 4.69) is 10.1 Å². The second kappa shape index (κ2) is 10.2. The fourth-order valence-electron chi connectivity index (χ4n) is 2.63. The Morgan fingerprint density at radius 3 is 2.41 bits per heavy atom. The van der Waals surface area contributed by atoms with Gasteiger partial charge in [-0.05, 0) is 48.5 Å². The molecule has 0 saturated carbocycles. The smallest absolute Gasteiger partial charge is 0.489 e. The molecule has 0 radical (unpaired) electrons. The molecular weight excluding hydrogens is 450 g/mol. The fourth-order valence-corrected chi connectivity index (χ4v) is 2.85. The molecule has 4 nitrogen and oxygen atoms in total. The highest BCUT2D eigenvalue weighted by Gasteiger charge is 2.30. The van der Waals surface area contributed by atoms with E-state index in [1.165, 1.54) is 42.6 Å². The minimum absolute atomic E-state index is 0.103. The summed E-state index contributed by atoms with van der Waals surface area (Å²) < 4.78 is 59.7. The van der Waals surface area contributed by atoms with Gasteiger partial charge >= 0.3 is 6.36 Å². The molecule has 3 rings (SSSR count). The number of hydrogen-bond acceptors (Lipinski definition) is 4. The minimum Gasteiger partial charge on any atom is -0.489 e. The van der Waals surface area contributed by atoms with E-state index in [9.17, 15) is 22.4 Å². The van der Waals surface area contributed by atoms with Gasteiger partial charge in [-0.2, -0.15) is 0 Å². The second-order valence-corrected chi connectivity index (χ2v) is 6.84. The summed E-state index contributed by atoms with van der Waals surface area (Å²) in [6.45, 7) is -0.103. The van der Waals surface area contributed by atoms with Crippen molar-refractivity contribution in [1.29, 1.82) is 0 Å². The molecule has 0 aliphatic rings. The molecule has 9 heteroatoms. The summed E-state index contributed by atoms with van der Waals surface area (Å²) in [5, 5.41) is 3.02. The second-order valence-electron chi connectivity index (χ2n) is 6.43. The van der Waals surface area contributed by atoms with Crippen LogP contribution in [0.3, 0.4) is 0 Å². The predicted molar refractivity (Wildman–Crippen MR) is 112 cm³/mol. The molecule has 166 valence electrons. The van der Waals surface area contributed by atoms with Gasteiger partial charge in [0.1, 0.15) is 23.9 Å². The lowest BCUT2D eigenvalue weighted by Gasteiger charge is -2.09. The molecular formula is C23H16ClF4NO3. The van der Waals surface area contributed by atoms with E-state index in [0.717, 1.165) is 12.1 Å². The van der Waals surface area contributed by atoms with E-state index in [4.69, 9.17) is 16.3 Å². The van der Waals surface area contributed by atoms with Gasteiger partial charge in [-0.25, -0.2) is 4.39 Å². The molecule has 3 aromatic rings. The Balaban J connectivity index is 1.58. The molecule has 32 heavy (non-hydrogen) atoms. The lowest BCUT2D eigenvalue weighted by atomic mass is 10.1. The highest BCUT2D eigenvalue weighted by Crippen LogP contribution is 2.24. The zero-order chi connectivity index (χ0) is 23.1. The maximum Gasteiger partial charge on any atom is 0.573 e. The Labute approximate surface area is 186 Å². The number of benzene rings is 3. The first-order valence-corrected chi connectivity index (χ1v) is 9.58. The van der Waals surface area contributed by atoms with Crippen LogP contribution in [0.15, 0.2) is 79.0 Å². The van der Waals surface area contributed by atoms with Gasteiger partial charge in [0.25, 0.3) is 0 Å². The third-order valence-corrected chi connectivity index (χ3v) is 4.49. The van der Waals surface area contributed by atoms with Crippen molar-refractivity contribution >= 4 is 23.1 Å². The number of nitrogens with one attached hydrogen (secondary N) is 1. The van der Waals surface area contributed by atoms with Crippen molar-refractivity contribution in [1.82, 2.24) is 0 Å². The zero-order valence-corrected chi connectivity index (χ0v) is 17.1. The van der Waals surface area contributed by atoms with Crippen LogP contribution in [-0.4, -0.2) is 12.1 Å². The molecule has 0 bridgehead atoms. The van der Waals surface area contributed by atoms with Crippen LogP contribution in [0.4, 0.5) is 23.2 Å². The lowest BCUT2D eigenvalue weighted by molar-refractivity contribution is -0.274. The van der Waals surface area contributed by atoms with Crippen molar-refractivity contribution in [2.24, 2.45) is 0 Å². The van der Waals surface area contributed by atoms with Crippen molar-refractivity contribution < 1.29 is 31.8 Å². The molecule has 0 heterocycles. The van der Waals surface area contributed by atoms with Gasteiger partial charge in [0, 0.05) is 29.1 Å². The highest BCUT2D eigenvalue weighted by molar-refractivity contribution is 6.31. The number of carbonyl (C=O) groups excluding carboxylic acids is 1. The van der Waals surface area contributed by atoms with Crippen molar-refractivity contribution in [3.63, 3.8) is 0 Å². The molecule has 1 N–H and O–H groups in total. The topological polar surface area (TPSA) is 47.6 Å². The molecule has 0 unspecified atom stereocenters. The monoisotopic (exact) mass is 465 g/mol. The Bertz CT molecular complexity index is 1090. The Hall–Kier alpha value is -3.52. The summed E-state index contributed by atoms with van der Waals surface area (Å²) in [7, 11) is 0. The number of halogens is 5. The van der Waals surface area contributed by atoms with Gasteiger partial charge in [0.15, 0.2) is 5.78 Å². The van der Waals surface area contributed by atoms with E-state index in [1.54, 1.807) is 24.3 Å². The standard InChI is InChI=1S/C23H16ClF4NO3/c24-20-5-2-6-21(25)19(20)14-31-18-4-1-3-15(13-18)22(30)11-12-29-16-7-9-17(10-8-16)32-23(26,27)28/h1-13,29H,14H2/b12-11+. The molecule has 0 aliphatic carbocycles. The number of rotatable bonds is 8. The normalized spacial score (nSPS) is 11.4. The minimum atomic E-state index is -4.76. The van der Waals surface area contributed by atoms with E-state index in [1.807, 2.05) is 0 Å². The predicted octanol–water partition coefficient (Wildman–Crippen LogP) is 6.77. The molecule has 0 atom stereocenters. The average molecular weight is 466 g/mol. The van der Waals surface area contributed by atoms with Gasteiger partial charge in [0.05, 0.1) is 5.02 Å². The molecule has 0 saturated heterocycles. The van der Waals surface area contributed by atoms with Crippen molar-refractivity contribution in [2.75, 3.05) is 5.32 Å². The lowest BCUT2D eigenvalue weighted by Crippen LogP contribution is -2.16. The average Bonchev–Trinajstić information content (AvgIpc) is 2.74. The third kappa shape index (κ3) is 6.75. The summed E-state index contributed by atoms with van der Waals surface area (Å²) >= 11 is 5.97. The molecule has 0 amide bonds. The quantitative estimate of drug-likeness (QED) is 0.227. The van der Waals surface area contributed by atoms with E-state index in [0.29, 0.717) is 17.0 Å². The number of hydrogen-bond donors (Lipinski definition) is 1. The Morgan fingerprint density at radius 2 is 1.72 bits per heavy atom. The SMILES string of the molecule is O=C(/C=C/Nc1ccc(OC(F)(F)F)cc1)c1cccc(OCc2c(F)cccc2Cl)c1. The first kappa shape index (κ1) is 23.1. The van der Waals surface area contributed by atoms with Crippen LogP contribution in [0.25, 0.3) is 0 Å². The van der Waals surface area contributed by atoms with Crippen LogP contribution >= 0.6 is 11.6 Å². The number of ether oxygens (including phenoxy) is 2. The molecule has 0 spiro atoms. The summed E-state index contributed by atoms with van der Waals surface area (Å²) in [4.78, 5) is 12.4. The van der Waals surface area contributed by atoms with Gasteiger partial charge in [-0.1, -0.05) is 29.8 Å². The fraction of sp³-hybridized carbons (Fsp3) is 0.0870. The maximum absolute atomic E-state index is 13.8. The first-order chi connectivity index (χ1) is 15.2. The Morgan fingerprint density at radius 1 is 1.00 bits per heavy atom. The van der Waals surface area contributed by atoms with Crippen LogP contribution in [0.2, 0.25) is 5.02 Å². The zero-order valence-electron chi connectivity index (χ0n) is 16.3. The van der Waals surface area contributed by atoms with Crippen LogP contribution < -0.4 is 14.8 Å². The first-order valence-electron chi connectivity index (χ1n) is 9.20. The van der Waals surface area contributed by atoms with Crippen LogP contribution in [0.5, 0.6) is 11.5 Å². The van der Waals surface area contributed by atoms with Crippen LogP contribution in [0.1, 0.15) is 15.9 Å². The molecule has 0 aliphatic heterocycles. The largest absolute Gasteiger partial charge is 0.573 e. The summed E-state index contributed by atoms with van der Waals surface area (Å²) in [5.41, 5.74) is 0.998. The van der Waals surface area contributed by atoms with Crippen LogP contribution in [-0.2, 0) is 6.61 Å². The molecule has 0 fully saturated rings. The Kier molecular flexibility index (Phi) is 7.37. The number of alkyl halides is 3. The molecule has 0 aromatic heterocycles. The summed E-state index contributed by atoms with van der Waals surface area (Å²) in [5.74, 6) is -0.825.